The number of amides is 1. The van der Waals surface area contributed by atoms with E-state index in [0.717, 1.165) is 0 Å². The molecule has 1 amide bonds. The Morgan fingerprint density at radius 2 is 1.51 bits per heavy atom. The Balaban J connectivity index is 1.20. The Kier molecular flexibility index (Phi) is 6.34. The first-order chi connectivity index (χ1) is 17.9. The van der Waals surface area contributed by atoms with Crippen molar-refractivity contribution in [3.05, 3.63) is 118 Å². The Morgan fingerprint density at radius 3 is 2.27 bits per heavy atom. The van der Waals surface area contributed by atoms with E-state index in [2.05, 4.69) is 5.32 Å². The minimum Gasteiger partial charge on any atom is -0.486 e. The third-order valence-electron chi connectivity index (χ3n) is 5.62. The van der Waals surface area contributed by atoms with Crippen molar-refractivity contribution < 1.29 is 37.5 Å². The largest absolute Gasteiger partial charge is 0.486 e. The van der Waals surface area contributed by atoms with E-state index in [1.54, 1.807) is 30.3 Å². The molecule has 3 aromatic carbocycles. The summed E-state index contributed by atoms with van der Waals surface area (Å²) in [5, 5.41) is 2.54. The van der Waals surface area contributed by atoms with E-state index in [9.17, 15) is 23.6 Å². The zero-order valence-corrected chi connectivity index (χ0v) is 19.2. The Bertz CT molecular complexity index is 1540. The number of rotatable bonds is 7. The first kappa shape index (κ1) is 23.7. The summed E-state index contributed by atoms with van der Waals surface area (Å²) in [6.45, 7) is -0.655. The van der Waals surface area contributed by atoms with Crippen LogP contribution in [0.3, 0.4) is 0 Å². The van der Waals surface area contributed by atoms with Crippen LogP contribution in [0.2, 0.25) is 0 Å². The molecule has 0 bridgehead atoms. The molecule has 4 aromatic rings. The van der Waals surface area contributed by atoms with Gasteiger partial charge >= 0.3 is 5.97 Å². The number of carbonyl (C=O) groups excluding carboxylic acids is 4. The Morgan fingerprint density at radius 1 is 0.811 bits per heavy atom. The zero-order chi connectivity index (χ0) is 25.9. The van der Waals surface area contributed by atoms with E-state index < -0.39 is 24.3 Å². The first-order valence-electron chi connectivity index (χ1n) is 11.2. The molecule has 184 valence electrons. The number of ketones is 2. The lowest BCUT2D eigenvalue weighted by molar-refractivity contribution is -0.119. The van der Waals surface area contributed by atoms with Crippen molar-refractivity contribution in [1.82, 2.24) is 0 Å². The van der Waals surface area contributed by atoms with Gasteiger partial charge in [-0.2, -0.15) is 0 Å². The number of hydrogen-bond acceptors (Lipinski definition) is 7. The van der Waals surface area contributed by atoms with Crippen molar-refractivity contribution in [1.29, 1.82) is 0 Å². The van der Waals surface area contributed by atoms with Crippen molar-refractivity contribution in [3.63, 3.8) is 0 Å². The van der Waals surface area contributed by atoms with E-state index in [4.69, 9.17) is 13.9 Å². The lowest BCUT2D eigenvalue weighted by Crippen LogP contribution is -2.26. The predicted molar refractivity (Wildman–Crippen MR) is 128 cm³/mol. The van der Waals surface area contributed by atoms with Crippen LogP contribution in [0, 0.1) is 5.82 Å². The molecule has 1 N–H and O–H groups in total. The van der Waals surface area contributed by atoms with Gasteiger partial charge in [0, 0.05) is 16.7 Å². The third-order valence-corrected chi connectivity index (χ3v) is 5.62. The van der Waals surface area contributed by atoms with E-state index >= 15 is 0 Å². The molecule has 0 atom stereocenters. The van der Waals surface area contributed by atoms with Crippen LogP contribution in [0.5, 0.6) is 5.75 Å². The summed E-state index contributed by atoms with van der Waals surface area (Å²) in [4.78, 5) is 50.7. The van der Waals surface area contributed by atoms with Gasteiger partial charge in [-0.05, 0) is 42.5 Å². The molecule has 1 aliphatic rings. The maximum Gasteiger partial charge on any atom is 0.374 e. The summed E-state index contributed by atoms with van der Waals surface area (Å²) in [7, 11) is 0. The highest BCUT2D eigenvalue weighted by Gasteiger charge is 2.31. The van der Waals surface area contributed by atoms with E-state index in [-0.39, 0.29) is 46.3 Å². The molecule has 1 heterocycles. The molecule has 1 aromatic heterocycles. The smallest absolute Gasteiger partial charge is 0.374 e. The van der Waals surface area contributed by atoms with Gasteiger partial charge in [0.2, 0.25) is 5.76 Å². The number of ether oxygens (including phenoxy) is 2. The summed E-state index contributed by atoms with van der Waals surface area (Å²) in [6, 6.07) is 19.4. The number of esters is 1. The van der Waals surface area contributed by atoms with Crippen LogP contribution in [-0.2, 0) is 16.1 Å². The molecule has 9 heteroatoms. The molecule has 0 radical (unpaired) electrons. The average Bonchev–Trinajstić information content (AvgIpc) is 3.39. The van der Waals surface area contributed by atoms with Gasteiger partial charge < -0.3 is 19.2 Å². The number of hydrogen-bond donors (Lipinski definition) is 1. The summed E-state index contributed by atoms with van der Waals surface area (Å²) >= 11 is 0. The summed E-state index contributed by atoms with van der Waals surface area (Å²) in [5.74, 6) is -2.07. The summed E-state index contributed by atoms with van der Waals surface area (Å²) in [5.41, 5.74) is 0.972. The summed E-state index contributed by atoms with van der Waals surface area (Å²) in [6.07, 6.45) is 0. The number of furan rings is 1. The zero-order valence-electron chi connectivity index (χ0n) is 19.2. The Labute approximate surface area is 209 Å². The molecule has 8 nitrogen and oxygen atoms in total. The van der Waals surface area contributed by atoms with Crippen molar-refractivity contribution in [2.75, 3.05) is 11.9 Å². The van der Waals surface area contributed by atoms with Gasteiger partial charge in [-0.25, -0.2) is 9.18 Å². The lowest BCUT2D eigenvalue weighted by atomic mass is 9.83. The minimum absolute atomic E-state index is 0.00556. The fraction of sp³-hybridized carbons (Fsp3) is 0.0714. The van der Waals surface area contributed by atoms with Crippen LogP contribution < -0.4 is 10.1 Å². The maximum atomic E-state index is 13.0. The molecule has 0 aliphatic heterocycles. The summed E-state index contributed by atoms with van der Waals surface area (Å²) < 4.78 is 28.8. The molecule has 5 rings (SSSR count). The maximum absolute atomic E-state index is 13.0. The van der Waals surface area contributed by atoms with Crippen molar-refractivity contribution >= 4 is 29.1 Å². The molecule has 0 saturated heterocycles. The predicted octanol–water partition coefficient (Wildman–Crippen LogP) is 4.57. The van der Waals surface area contributed by atoms with Crippen molar-refractivity contribution in [3.8, 4) is 5.75 Å². The minimum atomic E-state index is -0.876. The van der Waals surface area contributed by atoms with Crippen LogP contribution >= 0.6 is 0 Å². The fourth-order valence-electron chi connectivity index (χ4n) is 3.89. The first-order valence-corrected chi connectivity index (χ1v) is 11.2. The number of carbonyl (C=O) groups is 4. The van der Waals surface area contributed by atoms with Gasteiger partial charge in [-0.15, -0.1) is 0 Å². The number of benzene rings is 3. The van der Waals surface area contributed by atoms with Gasteiger partial charge in [0.05, 0.1) is 11.3 Å². The van der Waals surface area contributed by atoms with Crippen molar-refractivity contribution in [2.45, 2.75) is 6.61 Å². The van der Waals surface area contributed by atoms with Crippen molar-refractivity contribution in [2.24, 2.45) is 0 Å². The van der Waals surface area contributed by atoms with Gasteiger partial charge in [0.15, 0.2) is 18.2 Å². The quantitative estimate of drug-likeness (QED) is 0.327. The highest BCUT2D eigenvalue weighted by atomic mass is 19.1. The second-order valence-corrected chi connectivity index (χ2v) is 8.06. The van der Waals surface area contributed by atoms with E-state index in [0.29, 0.717) is 17.1 Å². The third kappa shape index (κ3) is 4.87. The van der Waals surface area contributed by atoms with Crippen LogP contribution in [0.15, 0.2) is 83.3 Å². The topological polar surface area (TPSA) is 112 Å². The number of anilines is 1. The highest BCUT2D eigenvalue weighted by Crippen LogP contribution is 2.31. The fourth-order valence-corrected chi connectivity index (χ4v) is 3.89. The van der Waals surface area contributed by atoms with Crippen LogP contribution in [0.25, 0.3) is 0 Å². The van der Waals surface area contributed by atoms with Gasteiger partial charge in [0.1, 0.15) is 23.9 Å². The molecular formula is C28H18FNO7. The molecule has 0 unspecified atom stereocenters. The lowest BCUT2D eigenvalue weighted by Gasteiger charge is -2.20. The molecule has 1 aliphatic carbocycles. The molecule has 0 fully saturated rings. The monoisotopic (exact) mass is 499 g/mol. The second kappa shape index (κ2) is 9.90. The molecule has 0 saturated carbocycles. The van der Waals surface area contributed by atoms with Gasteiger partial charge in [-0.3, -0.25) is 14.4 Å². The molecular weight excluding hydrogens is 481 g/mol. The Hall–Kier alpha value is -5.05. The molecule has 0 spiro atoms. The average molecular weight is 499 g/mol. The van der Waals surface area contributed by atoms with Crippen LogP contribution in [0.1, 0.15) is 48.2 Å². The number of nitrogens with one attached hydrogen (secondary N) is 1. The van der Waals surface area contributed by atoms with E-state index in [1.165, 1.54) is 48.5 Å². The van der Waals surface area contributed by atoms with Crippen LogP contribution in [0.4, 0.5) is 10.1 Å². The second-order valence-electron chi connectivity index (χ2n) is 8.06. The SMILES string of the molecule is O=C(COC(=O)c1ccc(COc2ccc(F)cc2)o1)Nc1cccc2c1C(=O)c1ccccc1C2=O. The number of halogens is 1. The standard InChI is InChI=1S/C28H18FNO7/c29-16-8-10-17(11-9-16)35-14-18-12-13-23(37-18)28(34)36-15-24(31)30-22-7-3-6-21-25(22)27(33)20-5-2-1-4-19(20)26(21)32/h1-13H,14-15H2,(H,30,31). The highest BCUT2D eigenvalue weighted by molar-refractivity contribution is 6.30. The molecule has 37 heavy (non-hydrogen) atoms. The van der Waals surface area contributed by atoms with Gasteiger partial charge in [0.25, 0.3) is 5.91 Å². The normalized spacial score (nSPS) is 11.9. The number of fused-ring (bicyclic) bond motifs is 2. The van der Waals surface area contributed by atoms with Crippen LogP contribution in [-0.4, -0.2) is 30.0 Å². The van der Waals surface area contributed by atoms with E-state index in [1.807, 2.05) is 0 Å². The van der Waals surface area contributed by atoms with Gasteiger partial charge in [-0.1, -0.05) is 36.4 Å².